The Morgan fingerprint density at radius 1 is 1.18 bits per heavy atom. The van der Waals surface area contributed by atoms with Crippen LogP contribution in [0.15, 0.2) is 42.5 Å². The van der Waals surface area contributed by atoms with Crippen LogP contribution in [0.3, 0.4) is 0 Å². The lowest BCUT2D eigenvalue weighted by molar-refractivity contribution is 0.0451. The van der Waals surface area contributed by atoms with Crippen molar-refractivity contribution in [3.63, 3.8) is 0 Å². The Morgan fingerprint density at radius 2 is 2.00 bits per heavy atom. The van der Waals surface area contributed by atoms with Gasteiger partial charge in [-0.3, -0.25) is 9.59 Å². The molecule has 1 unspecified atom stereocenters. The summed E-state index contributed by atoms with van der Waals surface area (Å²) >= 11 is 1.54. The van der Waals surface area contributed by atoms with E-state index in [0.717, 1.165) is 39.7 Å². The van der Waals surface area contributed by atoms with Crippen LogP contribution in [-0.4, -0.2) is 61.0 Å². The van der Waals surface area contributed by atoms with Crippen molar-refractivity contribution in [2.45, 2.75) is 26.3 Å². The van der Waals surface area contributed by atoms with Crippen LogP contribution in [0.4, 0.5) is 5.69 Å². The second-order valence-electron chi connectivity index (χ2n) is 8.86. The first-order chi connectivity index (χ1) is 16.4. The Balaban J connectivity index is 1.29. The number of carbonyl (C=O) groups is 2. The molecule has 176 valence electrons. The van der Waals surface area contributed by atoms with Crippen molar-refractivity contribution >= 4 is 28.8 Å². The first kappa shape index (κ1) is 22.4. The minimum absolute atomic E-state index is 0.0491. The summed E-state index contributed by atoms with van der Waals surface area (Å²) in [5.74, 6) is 0.362. The van der Waals surface area contributed by atoms with Crippen molar-refractivity contribution in [3.8, 4) is 16.2 Å². The lowest BCUT2D eigenvalue weighted by atomic mass is 10.0. The molecule has 2 aliphatic rings. The molecule has 0 bridgehead atoms. The molecular weight excluding hydrogens is 448 g/mol. The first-order valence-electron chi connectivity index (χ1n) is 11.5. The summed E-state index contributed by atoms with van der Waals surface area (Å²) in [6.45, 7) is 6.37. The summed E-state index contributed by atoms with van der Waals surface area (Å²) < 4.78 is 5.80. The van der Waals surface area contributed by atoms with E-state index in [4.69, 9.17) is 4.74 Å². The molecule has 7 nitrogen and oxygen atoms in total. The second kappa shape index (κ2) is 9.10. The maximum Gasteiger partial charge on any atom is 0.274 e. The molecule has 0 aliphatic carbocycles. The highest BCUT2D eigenvalue weighted by molar-refractivity contribution is 7.15. The third-order valence-corrected chi connectivity index (χ3v) is 7.46. The van der Waals surface area contributed by atoms with Gasteiger partial charge in [-0.05, 0) is 38.0 Å². The number of nitrogens with zero attached hydrogens (tertiary/aromatic N) is 3. The average Bonchev–Trinajstić information content (AvgIpc) is 3.20. The minimum Gasteiger partial charge on any atom is -0.489 e. The predicted molar refractivity (Wildman–Crippen MR) is 134 cm³/mol. The lowest BCUT2D eigenvalue weighted by Gasteiger charge is -2.41. The van der Waals surface area contributed by atoms with E-state index in [2.05, 4.69) is 21.3 Å². The fourth-order valence-corrected chi connectivity index (χ4v) is 5.38. The van der Waals surface area contributed by atoms with Crippen LogP contribution in [0.5, 0.6) is 5.75 Å². The van der Waals surface area contributed by atoms with Crippen molar-refractivity contribution in [1.82, 2.24) is 15.2 Å². The van der Waals surface area contributed by atoms with E-state index < -0.39 is 0 Å². The van der Waals surface area contributed by atoms with E-state index in [1.807, 2.05) is 56.1 Å². The monoisotopic (exact) mass is 476 g/mol. The van der Waals surface area contributed by atoms with E-state index in [9.17, 15) is 9.59 Å². The zero-order valence-corrected chi connectivity index (χ0v) is 20.4. The number of nitrogens with one attached hydrogen (secondary N) is 1. The van der Waals surface area contributed by atoms with Gasteiger partial charge in [0.25, 0.3) is 11.8 Å². The minimum atomic E-state index is -0.184. The number of likely N-dealkylation sites (N-methyl/N-ethyl adjacent to an activating group) is 1. The van der Waals surface area contributed by atoms with Crippen LogP contribution in [0.2, 0.25) is 0 Å². The largest absolute Gasteiger partial charge is 0.489 e. The van der Waals surface area contributed by atoms with Crippen LogP contribution in [0.1, 0.15) is 37.8 Å². The summed E-state index contributed by atoms with van der Waals surface area (Å²) in [7, 11) is 1.99. The summed E-state index contributed by atoms with van der Waals surface area (Å²) in [6, 6.07) is 13.7. The highest BCUT2D eigenvalue weighted by Crippen LogP contribution is 2.35. The number of ether oxygens (including phenoxy) is 1. The predicted octanol–water partition coefficient (Wildman–Crippen LogP) is 3.90. The molecule has 1 aromatic heterocycles. The van der Waals surface area contributed by atoms with Gasteiger partial charge >= 0.3 is 0 Å². The number of hydrogen-bond donors (Lipinski definition) is 1. The van der Waals surface area contributed by atoms with Gasteiger partial charge in [0.1, 0.15) is 12.3 Å². The third kappa shape index (κ3) is 4.14. The van der Waals surface area contributed by atoms with E-state index in [1.54, 1.807) is 17.4 Å². The zero-order valence-electron chi connectivity index (χ0n) is 19.6. The quantitative estimate of drug-likeness (QED) is 0.605. The molecule has 2 aliphatic heterocycles. The Bertz CT molecular complexity index is 1250. The normalized spacial score (nSPS) is 17.0. The van der Waals surface area contributed by atoms with Crippen LogP contribution in [-0.2, 0) is 0 Å². The van der Waals surface area contributed by atoms with Crippen molar-refractivity contribution < 1.29 is 14.3 Å². The van der Waals surface area contributed by atoms with E-state index in [0.29, 0.717) is 36.7 Å². The number of likely N-dealkylation sites (tertiary alicyclic amines) is 1. The molecule has 0 radical (unpaired) electrons. The summed E-state index contributed by atoms with van der Waals surface area (Å²) in [5.41, 5.74) is 4.10. The highest BCUT2D eigenvalue weighted by atomic mass is 32.1. The molecule has 3 heterocycles. The van der Waals surface area contributed by atoms with Gasteiger partial charge in [0, 0.05) is 20.1 Å². The molecule has 1 atom stereocenters. The molecule has 0 spiro atoms. The number of aryl methyl sites for hydroxylation is 2. The van der Waals surface area contributed by atoms with Crippen molar-refractivity contribution in [2.24, 2.45) is 0 Å². The van der Waals surface area contributed by atoms with Gasteiger partial charge < -0.3 is 19.9 Å². The Kier molecular flexibility index (Phi) is 6.00. The molecule has 1 N–H and O–H groups in total. The number of hydrogen-bond acceptors (Lipinski definition) is 6. The van der Waals surface area contributed by atoms with E-state index in [-0.39, 0.29) is 17.9 Å². The molecule has 2 amide bonds. The summed E-state index contributed by atoms with van der Waals surface area (Å²) in [6.07, 6.45) is 0.848. The number of amides is 2. The molecule has 1 saturated heterocycles. The van der Waals surface area contributed by atoms with Crippen LogP contribution < -0.4 is 15.0 Å². The van der Waals surface area contributed by atoms with Gasteiger partial charge in [-0.15, -0.1) is 11.3 Å². The summed E-state index contributed by atoms with van der Waals surface area (Å²) in [4.78, 5) is 35.7. The fraction of sp³-hybridized carbons (Fsp3) is 0.346. The first-order valence-corrected chi connectivity index (χ1v) is 12.3. The van der Waals surface area contributed by atoms with Crippen molar-refractivity contribution in [2.75, 3.05) is 38.2 Å². The number of rotatable bonds is 5. The Hall–Kier alpha value is -3.39. The molecule has 0 saturated carbocycles. The SMILES string of the molecule is Cc1cccc(-c2sc(C)nc2C(=O)N2CCC2CNC(=O)c2cccc3c2OCCN3C)c1. The molecular formula is C26H28N4O3S. The van der Waals surface area contributed by atoms with Crippen molar-refractivity contribution in [3.05, 3.63) is 64.3 Å². The molecule has 2 aromatic carbocycles. The molecule has 34 heavy (non-hydrogen) atoms. The van der Waals surface area contributed by atoms with Crippen LogP contribution in [0, 0.1) is 13.8 Å². The third-order valence-electron chi connectivity index (χ3n) is 6.44. The second-order valence-corrected chi connectivity index (χ2v) is 10.1. The zero-order chi connectivity index (χ0) is 23.8. The number of fused-ring (bicyclic) bond motifs is 1. The molecule has 8 heteroatoms. The molecule has 3 aromatic rings. The Morgan fingerprint density at radius 3 is 2.76 bits per heavy atom. The van der Waals surface area contributed by atoms with Gasteiger partial charge in [-0.1, -0.05) is 35.9 Å². The number of benzene rings is 2. The van der Waals surface area contributed by atoms with Gasteiger partial charge in [0.15, 0.2) is 5.75 Å². The van der Waals surface area contributed by atoms with Gasteiger partial charge in [0.05, 0.1) is 33.7 Å². The molecule has 1 fully saturated rings. The maximum atomic E-state index is 13.4. The standard InChI is InChI=1S/C26H28N4O3S/c1-16-6-4-7-18(14-16)24-22(28-17(2)34-24)26(32)30-11-10-19(30)15-27-25(31)20-8-5-9-21-23(20)33-13-12-29(21)3/h4-9,14,19H,10-13,15H2,1-3H3,(H,27,31). The lowest BCUT2D eigenvalue weighted by Crippen LogP contribution is -2.56. The van der Waals surface area contributed by atoms with E-state index in [1.165, 1.54) is 0 Å². The molecule has 5 rings (SSSR count). The van der Waals surface area contributed by atoms with Gasteiger partial charge in [0.2, 0.25) is 0 Å². The van der Waals surface area contributed by atoms with E-state index >= 15 is 0 Å². The number of carbonyl (C=O) groups excluding carboxylic acids is 2. The smallest absolute Gasteiger partial charge is 0.274 e. The maximum absolute atomic E-state index is 13.4. The topological polar surface area (TPSA) is 74.8 Å². The van der Waals surface area contributed by atoms with Crippen molar-refractivity contribution in [1.29, 1.82) is 0 Å². The Labute approximate surface area is 203 Å². The van der Waals surface area contributed by atoms with Gasteiger partial charge in [-0.2, -0.15) is 0 Å². The number of anilines is 1. The average molecular weight is 477 g/mol. The number of thiazole rings is 1. The summed E-state index contributed by atoms with van der Waals surface area (Å²) in [5, 5.41) is 3.88. The van der Waals surface area contributed by atoms with Gasteiger partial charge in [-0.25, -0.2) is 4.98 Å². The van der Waals surface area contributed by atoms with Crippen LogP contribution >= 0.6 is 11.3 Å². The highest BCUT2D eigenvalue weighted by Gasteiger charge is 2.35. The number of aromatic nitrogens is 1. The fourth-order valence-electron chi connectivity index (χ4n) is 4.48. The number of para-hydroxylation sites is 1. The van der Waals surface area contributed by atoms with Crippen LogP contribution in [0.25, 0.3) is 10.4 Å².